The number of oxazole rings is 4. The molecule has 368 valence electrons. The molecule has 4 aromatic heterocycles. The first kappa shape index (κ1) is 48.1. The van der Waals surface area contributed by atoms with Crippen molar-refractivity contribution < 1.29 is 17.7 Å². The third kappa shape index (κ3) is 9.62. The Hall–Kier alpha value is -8.18. The van der Waals surface area contributed by atoms with E-state index in [4.69, 9.17) is 45.9 Å². The molecule has 0 bridgehead atoms. The molecule has 0 radical (unpaired) electrons. The molecule has 12 heteroatoms. The molecule has 0 saturated carbocycles. The Morgan fingerprint density at radius 1 is 0.351 bits per heavy atom. The molecule has 0 aliphatic heterocycles. The zero-order chi connectivity index (χ0) is 51.0. The van der Waals surface area contributed by atoms with Crippen LogP contribution in [0.4, 0.5) is 11.4 Å². The molecule has 4 heterocycles. The van der Waals surface area contributed by atoms with Gasteiger partial charge in [0.25, 0.3) is 0 Å². The van der Waals surface area contributed by atoms with E-state index in [1.165, 1.54) is 0 Å². The van der Waals surface area contributed by atoms with Gasteiger partial charge in [0.05, 0.1) is 10.7 Å². The Morgan fingerprint density at radius 2 is 0.703 bits per heavy atom. The van der Waals surface area contributed by atoms with Crippen LogP contribution >= 0.6 is 23.2 Å². The summed E-state index contributed by atoms with van der Waals surface area (Å²) >= 11 is 12.8. The Morgan fingerprint density at radius 3 is 1.14 bits per heavy atom. The van der Waals surface area contributed by atoms with Crippen molar-refractivity contribution >= 4 is 79.0 Å². The van der Waals surface area contributed by atoms with Crippen LogP contribution < -0.4 is 9.80 Å². The predicted octanol–water partition coefficient (Wildman–Crippen LogP) is 17.6. The van der Waals surface area contributed by atoms with Gasteiger partial charge in [-0.1, -0.05) is 77.8 Å². The number of nitrogens with zero attached hydrogens (tertiary/aromatic N) is 6. The average Bonchev–Trinajstić information content (AvgIpc) is 4.25. The molecule has 0 unspecified atom stereocenters. The number of aromatic nitrogens is 4. The SMILES string of the molecule is CCN(CC)c1cc2oc(-c3ccc(-c4ccc(-c5nc6cc(Cl)c(C)cc6o5)cc4)cc3)nc2cc1Cl.CCN(CC)c1ccc2nc(-c3ccc(-c4ccc(-c5nc6ccc(C)cc6o5)cc4)cc3)oc2c1. The van der Waals surface area contributed by atoms with Crippen molar-refractivity contribution in [2.24, 2.45) is 0 Å². The highest BCUT2D eigenvalue weighted by molar-refractivity contribution is 6.34. The molecular formula is C62H52Cl2N6O4. The zero-order valence-corrected chi connectivity index (χ0v) is 43.4. The van der Waals surface area contributed by atoms with Crippen LogP contribution in [0.2, 0.25) is 10.0 Å². The van der Waals surface area contributed by atoms with E-state index in [0.717, 1.165) is 138 Å². The van der Waals surface area contributed by atoms with E-state index in [0.29, 0.717) is 33.6 Å². The molecule has 10 nitrogen and oxygen atoms in total. The molecule has 0 atom stereocenters. The van der Waals surface area contributed by atoms with Crippen molar-refractivity contribution in [2.45, 2.75) is 41.5 Å². The summed E-state index contributed by atoms with van der Waals surface area (Å²) < 4.78 is 24.2. The first-order valence-electron chi connectivity index (χ1n) is 24.9. The first-order chi connectivity index (χ1) is 36.0. The van der Waals surface area contributed by atoms with E-state index >= 15 is 0 Å². The molecule has 0 aliphatic carbocycles. The lowest BCUT2D eigenvalue weighted by Crippen LogP contribution is -2.22. The van der Waals surface area contributed by atoms with Gasteiger partial charge in [0.15, 0.2) is 22.3 Å². The lowest BCUT2D eigenvalue weighted by atomic mass is 10.0. The fourth-order valence-electron chi connectivity index (χ4n) is 9.24. The van der Waals surface area contributed by atoms with E-state index in [1.54, 1.807) is 0 Å². The third-order valence-electron chi connectivity index (χ3n) is 13.5. The molecule has 0 aliphatic rings. The van der Waals surface area contributed by atoms with E-state index in [2.05, 4.69) is 144 Å². The Bertz CT molecular complexity index is 3900. The Kier molecular flexibility index (Phi) is 13.2. The second-order valence-electron chi connectivity index (χ2n) is 18.2. The summed E-state index contributed by atoms with van der Waals surface area (Å²) in [5, 5.41) is 1.36. The predicted molar refractivity (Wildman–Crippen MR) is 302 cm³/mol. The molecule has 0 N–H and O–H groups in total. The number of rotatable bonds is 12. The molecular weight excluding hydrogens is 964 g/mol. The number of hydrogen-bond donors (Lipinski definition) is 0. The van der Waals surface area contributed by atoms with E-state index in [-0.39, 0.29) is 0 Å². The molecule has 12 rings (SSSR count). The summed E-state index contributed by atoms with van der Waals surface area (Å²) in [6.45, 7) is 16.2. The third-order valence-corrected chi connectivity index (χ3v) is 14.2. The van der Waals surface area contributed by atoms with Gasteiger partial charge in [0.2, 0.25) is 23.6 Å². The van der Waals surface area contributed by atoms with Crippen molar-refractivity contribution in [1.29, 1.82) is 0 Å². The minimum Gasteiger partial charge on any atom is -0.436 e. The smallest absolute Gasteiger partial charge is 0.227 e. The maximum absolute atomic E-state index is 6.54. The van der Waals surface area contributed by atoms with Gasteiger partial charge in [-0.25, -0.2) is 19.9 Å². The van der Waals surface area contributed by atoms with Crippen LogP contribution in [-0.2, 0) is 0 Å². The molecule has 0 fully saturated rings. The Labute approximate surface area is 438 Å². The molecule has 8 aromatic carbocycles. The van der Waals surface area contributed by atoms with E-state index in [1.807, 2.05) is 79.7 Å². The molecule has 0 amide bonds. The zero-order valence-electron chi connectivity index (χ0n) is 41.9. The van der Waals surface area contributed by atoms with Crippen LogP contribution in [0.15, 0.2) is 175 Å². The normalized spacial score (nSPS) is 11.5. The largest absolute Gasteiger partial charge is 0.436 e. The highest BCUT2D eigenvalue weighted by Crippen LogP contribution is 2.36. The molecule has 0 spiro atoms. The van der Waals surface area contributed by atoms with Crippen molar-refractivity contribution in [3.63, 3.8) is 0 Å². The number of anilines is 2. The van der Waals surface area contributed by atoms with Crippen molar-refractivity contribution in [2.75, 3.05) is 36.0 Å². The topological polar surface area (TPSA) is 111 Å². The lowest BCUT2D eigenvalue weighted by molar-refractivity contribution is 0.619. The summed E-state index contributed by atoms with van der Waals surface area (Å²) in [4.78, 5) is 23.1. The van der Waals surface area contributed by atoms with Gasteiger partial charge in [-0.3, -0.25) is 0 Å². The van der Waals surface area contributed by atoms with Crippen LogP contribution in [0, 0.1) is 13.8 Å². The van der Waals surface area contributed by atoms with Gasteiger partial charge in [-0.05, 0) is 166 Å². The van der Waals surface area contributed by atoms with Crippen molar-refractivity contribution in [1.82, 2.24) is 19.9 Å². The number of halogens is 2. The molecule has 0 saturated heterocycles. The summed E-state index contributed by atoms with van der Waals surface area (Å²) in [6, 6.07) is 52.8. The highest BCUT2D eigenvalue weighted by Gasteiger charge is 2.17. The number of benzene rings is 8. The van der Waals surface area contributed by atoms with Gasteiger partial charge in [0.1, 0.15) is 22.1 Å². The first-order valence-corrected chi connectivity index (χ1v) is 25.7. The second kappa shape index (κ2) is 20.4. The van der Waals surface area contributed by atoms with Gasteiger partial charge in [0, 0.05) is 71.3 Å². The van der Waals surface area contributed by atoms with Crippen LogP contribution in [0.5, 0.6) is 0 Å². The van der Waals surface area contributed by atoms with Crippen LogP contribution in [0.25, 0.3) is 112 Å². The Balaban J connectivity index is 0.000000159. The van der Waals surface area contributed by atoms with Crippen LogP contribution in [0.1, 0.15) is 38.8 Å². The van der Waals surface area contributed by atoms with Crippen LogP contribution in [-0.4, -0.2) is 46.1 Å². The number of aryl methyl sites for hydroxylation is 2. The highest BCUT2D eigenvalue weighted by atomic mass is 35.5. The summed E-state index contributed by atoms with van der Waals surface area (Å²) in [5.41, 5.74) is 18.7. The molecule has 12 aromatic rings. The van der Waals surface area contributed by atoms with E-state index < -0.39 is 0 Å². The summed E-state index contributed by atoms with van der Waals surface area (Å²) in [5.74, 6) is 2.41. The average molecular weight is 1020 g/mol. The van der Waals surface area contributed by atoms with E-state index in [9.17, 15) is 0 Å². The summed E-state index contributed by atoms with van der Waals surface area (Å²) in [7, 11) is 0. The second-order valence-corrected chi connectivity index (χ2v) is 19.0. The standard InChI is InChI=1S/C31H25Cl2N3O2.C31H27N3O2/c1-4-36(5-2)27-17-29-26(16-24(27)33)35-31(38-29)22-12-8-20(9-13-22)19-6-10-21(11-7-19)30-34-25-15-23(32)18(3)14-28(25)37-30;1-4-34(5-2)25-15-17-27-29(19-25)36-31(33-27)24-13-9-22(10-14-24)21-7-11-23(12-8-21)30-32-26-16-6-20(3)18-28(26)35-30/h6-17H,4-5H2,1-3H3;6-19H,4-5H2,1-3H3. The lowest BCUT2D eigenvalue weighted by Gasteiger charge is -2.21. The van der Waals surface area contributed by atoms with Gasteiger partial charge >= 0.3 is 0 Å². The maximum Gasteiger partial charge on any atom is 0.227 e. The monoisotopic (exact) mass is 1010 g/mol. The summed E-state index contributed by atoms with van der Waals surface area (Å²) in [6.07, 6.45) is 0. The fourth-order valence-corrected chi connectivity index (χ4v) is 9.68. The number of hydrogen-bond acceptors (Lipinski definition) is 10. The van der Waals surface area contributed by atoms with Crippen molar-refractivity contribution in [3.8, 4) is 68.1 Å². The van der Waals surface area contributed by atoms with Crippen molar-refractivity contribution in [3.05, 3.63) is 179 Å². The maximum atomic E-state index is 6.54. The minimum absolute atomic E-state index is 0.570. The van der Waals surface area contributed by atoms with Gasteiger partial charge in [-0.15, -0.1) is 0 Å². The molecule has 74 heavy (non-hydrogen) atoms. The van der Waals surface area contributed by atoms with Crippen LogP contribution in [0.3, 0.4) is 0 Å². The fraction of sp³-hybridized carbons (Fsp3) is 0.161. The minimum atomic E-state index is 0.570. The number of fused-ring (bicyclic) bond motifs is 4. The quantitative estimate of drug-likeness (QED) is 0.117. The van der Waals surface area contributed by atoms with Gasteiger partial charge < -0.3 is 27.5 Å². The van der Waals surface area contributed by atoms with Gasteiger partial charge in [-0.2, -0.15) is 0 Å².